The number of rotatable bonds is 9. The number of aliphatic hydroxyl groups excluding tert-OH is 1. The van der Waals surface area contributed by atoms with E-state index in [1.54, 1.807) is 31.4 Å². The van der Waals surface area contributed by atoms with Gasteiger partial charge in [0.2, 0.25) is 10.0 Å². The molecule has 6 heteroatoms. The van der Waals surface area contributed by atoms with E-state index in [0.29, 0.717) is 13.0 Å². The van der Waals surface area contributed by atoms with Crippen molar-refractivity contribution in [2.75, 3.05) is 20.3 Å². The summed E-state index contributed by atoms with van der Waals surface area (Å²) in [6.07, 6.45) is 2.14. The Kier molecular flexibility index (Phi) is 7.15. The first kappa shape index (κ1) is 17.1. The van der Waals surface area contributed by atoms with E-state index >= 15 is 0 Å². The second kappa shape index (κ2) is 8.36. The first-order chi connectivity index (χ1) is 9.53. The lowest BCUT2D eigenvalue weighted by atomic mass is 10.2. The van der Waals surface area contributed by atoms with Gasteiger partial charge in [-0.3, -0.25) is 0 Å². The molecule has 0 saturated heterocycles. The van der Waals surface area contributed by atoms with Crippen LogP contribution in [0.1, 0.15) is 25.3 Å². The SMILES string of the molecule is CCCC(COC)NS(=O)(=O)c1ccc(CCO)cc1. The summed E-state index contributed by atoms with van der Waals surface area (Å²) < 4.78 is 32.2. The molecule has 0 heterocycles. The quantitative estimate of drug-likeness (QED) is 0.721. The van der Waals surface area contributed by atoms with E-state index in [2.05, 4.69) is 4.72 Å². The molecule has 0 aliphatic heterocycles. The molecule has 0 bridgehead atoms. The van der Waals surface area contributed by atoms with Gasteiger partial charge in [0.25, 0.3) is 0 Å². The van der Waals surface area contributed by atoms with Gasteiger partial charge in [-0.25, -0.2) is 13.1 Å². The number of hydrogen-bond acceptors (Lipinski definition) is 4. The Morgan fingerprint density at radius 2 is 1.95 bits per heavy atom. The molecule has 0 radical (unpaired) electrons. The van der Waals surface area contributed by atoms with Crippen LogP contribution in [0.4, 0.5) is 0 Å². The summed E-state index contributed by atoms with van der Waals surface area (Å²) in [6.45, 7) is 2.41. The molecular weight excluding hydrogens is 278 g/mol. The molecule has 1 aromatic rings. The maximum atomic E-state index is 12.2. The van der Waals surface area contributed by atoms with Crippen LogP contribution in [0.2, 0.25) is 0 Å². The van der Waals surface area contributed by atoms with Crippen molar-refractivity contribution in [1.82, 2.24) is 4.72 Å². The molecule has 0 aliphatic rings. The normalized spacial score (nSPS) is 13.3. The van der Waals surface area contributed by atoms with E-state index in [0.717, 1.165) is 18.4 Å². The minimum atomic E-state index is -3.53. The summed E-state index contributed by atoms with van der Waals surface area (Å²) in [5.74, 6) is 0. The van der Waals surface area contributed by atoms with Gasteiger partial charge in [-0.1, -0.05) is 25.5 Å². The predicted molar refractivity (Wildman–Crippen MR) is 78.1 cm³/mol. The Hall–Kier alpha value is -0.950. The number of aliphatic hydroxyl groups is 1. The first-order valence-electron chi connectivity index (χ1n) is 6.74. The molecular formula is C14H23NO4S. The van der Waals surface area contributed by atoms with Crippen molar-refractivity contribution < 1.29 is 18.3 Å². The maximum Gasteiger partial charge on any atom is 0.240 e. The van der Waals surface area contributed by atoms with E-state index < -0.39 is 10.0 Å². The van der Waals surface area contributed by atoms with E-state index in [1.807, 2.05) is 6.92 Å². The lowest BCUT2D eigenvalue weighted by Gasteiger charge is -2.17. The number of ether oxygens (including phenoxy) is 1. The molecule has 0 aliphatic carbocycles. The summed E-state index contributed by atoms with van der Waals surface area (Å²) in [6, 6.07) is 6.34. The van der Waals surface area contributed by atoms with Gasteiger partial charge in [-0.15, -0.1) is 0 Å². The Morgan fingerprint density at radius 1 is 1.30 bits per heavy atom. The monoisotopic (exact) mass is 301 g/mol. The minimum absolute atomic E-state index is 0.0523. The zero-order valence-electron chi connectivity index (χ0n) is 12.0. The third kappa shape index (κ3) is 5.20. The Balaban J connectivity index is 2.80. The van der Waals surface area contributed by atoms with Crippen LogP contribution in [-0.2, 0) is 21.2 Å². The lowest BCUT2D eigenvalue weighted by molar-refractivity contribution is 0.171. The summed E-state index contributed by atoms with van der Waals surface area (Å²) >= 11 is 0. The number of benzene rings is 1. The topological polar surface area (TPSA) is 75.6 Å². The fourth-order valence-corrected chi connectivity index (χ4v) is 3.23. The summed E-state index contributed by atoms with van der Waals surface area (Å²) in [7, 11) is -1.97. The number of nitrogens with one attached hydrogen (secondary N) is 1. The van der Waals surface area contributed by atoms with Crippen molar-refractivity contribution in [2.24, 2.45) is 0 Å². The largest absolute Gasteiger partial charge is 0.396 e. The van der Waals surface area contributed by atoms with Crippen LogP contribution in [0.5, 0.6) is 0 Å². The average molecular weight is 301 g/mol. The zero-order valence-corrected chi connectivity index (χ0v) is 12.8. The van der Waals surface area contributed by atoms with Gasteiger partial charge in [0.1, 0.15) is 0 Å². The molecule has 2 N–H and O–H groups in total. The van der Waals surface area contributed by atoms with Crippen molar-refractivity contribution in [3.8, 4) is 0 Å². The highest BCUT2D eigenvalue weighted by Crippen LogP contribution is 2.12. The van der Waals surface area contributed by atoms with Crippen LogP contribution in [0, 0.1) is 0 Å². The molecule has 0 saturated carbocycles. The zero-order chi connectivity index (χ0) is 15.0. The summed E-state index contributed by atoms with van der Waals surface area (Å²) in [5.41, 5.74) is 0.911. The fourth-order valence-electron chi connectivity index (χ4n) is 1.98. The van der Waals surface area contributed by atoms with E-state index in [9.17, 15) is 8.42 Å². The molecule has 0 fully saturated rings. The van der Waals surface area contributed by atoms with Crippen molar-refractivity contribution >= 4 is 10.0 Å². The molecule has 1 atom stereocenters. The van der Waals surface area contributed by atoms with Crippen LogP contribution in [-0.4, -0.2) is 39.9 Å². The van der Waals surface area contributed by atoms with Gasteiger partial charge in [-0.2, -0.15) is 0 Å². The third-order valence-electron chi connectivity index (χ3n) is 2.96. The molecule has 0 aromatic heterocycles. The smallest absolute Gasteiger partial charge is 0.240 e. The number of sulfonamides is 1. The van der Waals surface area contributed by atoms with Gasteiger partial charge in [-0.05, 0) is 30.5 Å². The summed E-state index contributed by atoms with van der Waals surface area (Å²) in [4.78, 5) is 0.233. The van der Waals surface area contributed by atoms with Gasteiger partial charge in [0.05, 0.1) is 11.5 Å². The van der Waals surface area contributed by atoms with Gasteiger partial charge >= 0.3 is 0 Å². The van der Waals surface area contributed by atoms with E-state index in [1.165, 1.54) is 0 Å². The lowest BCUT2D eigenvalue weighted by Crippen LogP contribution is -2.37. The highest BCUT2D eigenvalue weighted by atomic mass is 32.2. The van der Waals surface area contributed by atoms with Crippen molar-refractivity contribution in [3.05, 3.63) is 29.8 Å². The Morgan fingerprint density at radius 3 is 2.45 bits per heavy atom. The van der Waals surface area contributed by atoms with Crippen LogP contribution >= 0.6 is 0 Å². The fraction of sp³-hybridized carbons (Fsp3) is 0.571. The van der Waals surface area contributed by atoms with Crippen molar-refractivity contribution in [3.63, 3.8) is 0 Å². The number of hydrogen-bond donors (Lipinski definition) is 2. The van der Waals surface area contributed by atoms with Gasteiger partial charge < -0.3 is 9.84 Å². The highest BCUT2D eigenvalue weighted by molar-refractivity contribution is 7.89. The van der Waals surface area contributed by atoms with E-state index in [-0.39, 0.29) is 17.5 Å². The predicted octanol–water partition coefficient (Wildman–Crippen LogP) is 1.31. The minimum Gasteiger partial charge on any atom is -0.396 e. The summed E-state index contributed by atoms with van der Waals surface area (Å²) in [5, 5.41) is 8.84. The van der Waals surface area contributed by atoms with Crippen molar-refractivity contribution in [1.29, 1.82) is 0 Å². The molecule has 1 rings (SSSR count). The molecule has 1 unspecified atom stereocenters. The third-order valence-corrected chi connectivity index (χ3v) is 4.50. The Bertz CT molecular complexity index is 478. The van der Waals surface area contributed by atoms with Crippen LogP contribution in [0.25, 0.3) is 0 Å². The first-order valence-corrected chi connectivity index (χ1v) is 8.23. The second-order valence-corrected chi connectivity index (χ2v) is 6.39. The molecule has 0 amide bonds. The molecule has 20 heavy (non-hydrogen) atoms. The van der Waals surface area contributed by atoms with Crippen LogP contribution in [0.15, 0.2) is 29.2 Å². The highest BCUT2D eigenvalue weighted by Gasteiger charge is 2.19. The number of methoxy groups -OCH3 is 1. The standard InChI is InChI=1S/C14H23NO4S/c1-3-4-13(11-19-2)15-20(17,18)14-7-5-12(6-8-14)9-10-16/h5-8,13,15-16H,3-4,9-11H2,1-2H3. The van der Waals surface area contributed by atoms with Gasteiger partial charge in [0, 0.05) is 19.8 Å². The molecule has 5 nitrogen and oxygen atoms in total. The van der Waals surface area contributed by atoms with E-state index in [4.69, 9.17) is 9.84 Å². The maximum absolute atomic E-state index is 12.2. The van der Waals surface area contributed by atoms with Crippen LogP contribution < -0.4 is 4.72 Å². The molecule has 1 aromatic carbocycles. The molecule has 114 valence electrons. The van der Waals surface area contributed by atoms with Gasteiger partial charge in [0.15, 0.2) is 0 Å². The van der Waals surface area contributed by atoms with Crippen LogP contribution in [0.3, 0.4) is 0 Å². The van der Waals surface area contributed by atoms with Crippen molar-refractivity contribution in [2.45, 2.75) is 37.1 Å². The Labute approximate surface area is 121 Å². The second-order valence-electron chi connectivity index (χ2n) is 4.68. The average Bonchev–Trinajstić information content (AvgIpc) is 2.40. The molecule has 0 spiro atoms.